The molecule has 0 saturated carbocycles. The van der Waals surface area contributed by atoms with Crippen LogP contribution in [0.2, 0.25) is 0 Å². The molecule has 0 saturated heterocycles. The van der Waals surface area contributed by atoms with Gasteiger partial charge in [-0.1, -0.05) is 51.9 Å². The molecular formula is C16H35NO2. The van der Waals surface area contributed by atoms with Gasteiger partial charge in [-0.3, -0.25) is 0 Å². The number of ether oxygens (including phenoxy) is 2. The SMILES string of the molecule is CCCCCCCCCC(CCCN)C(OC)OC. The molecule has 0 fully saturated rings. The Morgan fingerprint density at radius 1 is 0.789 bits per heavy atom. The first-order valence-corrected chi connectivity index (χ1v) is 8.05. The van der Waals surface area contributed by atoms with E-state index >= 15 is 0 Å². The van der Waals surface area contributed by atoms with Crippen molar-refractivity contribution in [2.75, 3.05) is 20.8 Å². The van der Waals surface area contributed by atoms with E-state index in [9.17, 15) is 0 Å². The first kappa shape index (κ1) is 18.9. The summed E-state index contributed by atoms with van der Waals surface area (Å²) in [6.45, 7) is 3.02. The number of unbranched alkanes of at least 4 members (excludes halogenated alkanes) is 6. The Hall–Kier alpha value is -0.120. The van der Waals surface area contributed by atoms with E-state index in [1.54, 1.807) is 14.2 Å². The third-order valence-corrected chi connectivity index (χ3v) is 3.81. The summed E-state index contributed by atoms with van der Waals surface area (Å²) in [6.07, 6.45) is 12.8. The fraction of sp³-hybridized carbons (Fsp3) is 1.00. The number of nitrogens with two attached hydrogens (primary N) is 1. The third-order valence-electron chi connectivity index (χ3n) is 3.81. The lowest BCUT2D eigenvalue weighted by Gasteiger charge is -2.24. The van der Waals surface area contributed by atoms with Crippen LogP contribution in [0.1, 0.15) is 71.1 Å². The molecule has 0 rings (SSSR count). The molecule has 0 heterocycles. The summed E-state index contributed by atoms with van der Waals surface area (Å²) in [7, 11) is 3.46. The van der Waals surface area contributed by atoms with Gasteiger partial charge in [0.1, 0.15) is 0 Å². The van der Waals surface area contributed by atoms with Crippen LogP contribution in [-0.2, 0) is 9.47 Å². The molecule has 3 nitrogen and oxygen atoms in total. The van der Waals surface area contributed by atoms with Crippen molar-refractivity contribution in [1.29, 1.82) is 0 Å². The standard InChI is InChI=1S/C16H35NO2/c1-4-5-6-7-8-9-10-12-15(13-11-14-17)16(18-2)19-3/h15-16H,4-14,17H2,1-3H3. The summed E-state index contributed by atoms with van der Waals surface area (Å²) < 4.78 is 10.8. The largest absolute Gasteiger partial charge is 0.356 e. The fourth-order valence-corrected chi connectivity index (χ4v) is 2.64. The lowest BCUT2D eigenvalue weighted by molar-refractivity contribution is -0.140. The second-order valence-electron chi connectivity index (χ2n) is 5.44. The zero-order valence-electron chi connectivity index (χ0n) is 13.3. The number of rotatable bonds is 14. The smallest absolute Gasteiger partial charge is 0.159 e. The number of hydrogen-bond donors (Lipinski definition) is 1. The molecule has 0 aromatic rings. The Bertz CT molecular complexity index is 172. The van der Waals surface area contributed by atoms with Gasteiger partial charge in [0.15, 0.2) is 6.29 Å². The highest BCUT2D eigenvalue weighted by Crippen LogP contribution is 2.22. The summed E-state index contributed by atoms with van der Waals surface area (Å²) in [6, 6.07) is 0. The van der Waals surface area contributed by atoms with Crippen molar-refractivity contribution in [2.24, 2.45) is 11.7 Å². The Balaban J connectivity index is 3.72. The molecule has 2 N–H and O–H groups in total. The van der Waals surface area contributed by atoms with Crippen molar-refractivity contribution in [3.8, 4) is 0 Å². The van der Waals surface area contributed by atoms with E-state index in [4.69, 9.17) is 15.2 Å². The van der Waals surface area contributed by atoms with Gasteiger partial charge in [0.2, 0.25) is 0 Å². The van der Waals surface area contributed by atoms with Crippen molar-refractivity contribution in [3.63, 3.8) is 0 Å². The minimum Gasteiger partial charge on any atom is -0.356 e. The van der Waals surface area contributed by atoms with Gasteiger partial charge in [-0.25, -0.2) is 0 Å². The predicted octanol–water partition coefficient (Wildman–Crippen LogP) is 4.10. The van der Waals surface area contributed by atoms with Crippen LogP contribution >= 0.6 is 0 Å². The fourth-order valence-electron chi connectivity index (χ4n) is 2.64. The quantitative estimate of drug-likeness (QED) is 0.383. The molecule has 0 radical (unpaired) electrons. The molecule has 3 heteroatoms. The summed E-state index contributed by atoms with van der Waals surface area (Å²) in [5.74, 6) is 0.495. The Morgan fingerprint density at radius 2 is 1.32 bits per heavy atom. The summed E-state index contributed by atoms with van der Waals surface area (Å²) in [5, 5.41) is 0. The van der Waals surface area contributed by atoms with E-state index in [1.165, 1.54) is 51.4 Å². The van der Waals surface area contributed by atoms with Crippen molar-refractivity contribution >= 4 is 0 Å². The maximum atomic E-state index is 5.60. The first-order chi connectivity index (χ1) is 9.29. The highest BCUT2D eigenvalue weighted by molar-refractivity contribution is 4.64. The van der Waals surface area contributed by atoms with E-state index in [0.717, 1.165) is 19.4 Å². The van der Waals surface area contributed by atoms with Crippen LogP contribution in [0.25, 0.3) is 0 Å². The molecule has 0 aliphatic carbocycles. The zero-order chi connectivity index (χ0) is 14.3. The van der Waals surface area contributed by atoms with Gasteiger partial charge in [-0.05, 0) is 25.8 Å². The Morgan fingerprint density at radius 3 is 1.84 bits per heavy atom. The van der Waals surface area contributed by atoms with Gasteiger partial charge < -0.3 is 15.2 Å². The molecular weight excluding hydrogens is 238 g/mol. The lowest BCUT2D eigenvalue weighted by atomic mass is 9.95. The molecule has 0 spiro atoms. The van der Waals surface area contributed by atoms with E-state index in [0.29, 0.717) is 5.92 Å². The molecule has 0 amide bonds. The van der Waals surface area contributed by atoms with E-state index in [2.05, 4.69) is 6.92 Å². The minimum atomic E-state index is -0.0633. The van der Waals surface area contributed by atoms with Crippen LogP contribution in [0.5, 0.6) is 0 Å². The summed E-state index contributed by atoms with van der Waals surface area (Å²) >= 11 is 0. The molecule has 1 unspecified atom stereocenters. The van der Waals surface area contributed by atoms with Crippen molar-refractivity contribution in [3.05, 3.63) is 0 Å². The first-order valence-electron chi connectivity index (χ1n) is 8.05. The molecule has 1 atom stereocenters. The molecule has 0 aliphatic rings. The van der Waals surface area contributed by atoms with Crippen LogP contribution in [0.3, 0.4) is 0 Å². The van der Waals surface area contributed by atoms with Gasteiger partial charge >= 0.3 is 0 Å². The number of methoxy groups -OCH3 is 2. The molecule has 0 aliphatic heterocycles. The second-order valence-corrected chi connectivity index (χ2v) is 5.44. The highest BCUT2D eigenvalue weighted by atomic mass is 16.7. The molecule has 19 heavy (non-hydrogen) atoms. The highest BCUT2D eigenvalue weighted by Gasteiger charge is 2.19. The van der Waals surface area contributed by atoms with Gasteiger partial charge in [0.05, 0.1) is 0 Å². The summed E-state index contributed by atoms with van der Waals surface area (Å²) in [4.78, 5) is 0. The Kier molecular flexibility index (Phi) is 14.2. The zero-order valence-corrected chi connectivity index (χ0v) is 13.3. The number of hydrogen-bond acceptors (Lipinski definition) is 3. The third kappa shape index (κ3) is 10.3. The van der Waals surface area contributed by atoms with Crippen molar-refractivity contribution in [1.82, 2.24) is 0 Å². The van der Waals surface area contributed by atoms with Crippen LogP contribution in [0, 0.1) is 5.92 Å². The maximum Gasteiger partial charge on any atom is 0.159 e. The van der Waals surface area contributed by atoms with E-state index in [1.807, 2.05) is 0 Å². The van der Waals surface area contributed by atoms with Crippen LogP contribution in [0.4, 0.5) is 0 Å². The predicted molar refractivity (Wildman–Crippen MR) is 82.2 cm³/mol. The van der Waals surface area contributed by atoms with Gasteiger partial charge in [0, 0.05) is 20.1 Å². The average molecular weight is 273 g/mol. The van der Waals surface area contributed by atoms with Gasteiger partial charge in [-0.15, -0.1) is 0 Å². The van der Waals surface area contributed by atoms with Gasteiger partial charge in [0.25, 0.3) is 0 Å². The van der Waals surface area contributed by atoms with E-state index < -0.39 is 0 Å². The van der Waals surface area contributed by atoms with Crippen LogP contribution in [-0.4, -0.2) is 27.1 Å². The Labute approximate surface area is 120 Å². The van der Waals surface area contributed by atoms with Crippen LogP contribution < -0.4 is 5.73 Å². The maximum absolute atomic E-state index is 5.60. The lowest BCUT2D eigenvalue weighted by Crippen LogP contribution is -2.25. The average Bonchev–Trinajstić information content (AvgIpc) is 2.44. The normalized spacial score (nSPS) is 13.1. The molecule has 116 valence electrons. The van der Waals surface area contributed by atoms with Gasteiger partial charge in [-0.2, -0.15) is 0 Å². The van der Waals surface area contributed by atoms with Crippen molar-refractivity contribution in [2.45, 2.75) is 77.4 Å². The monoisotopic (exact) mass is 273 g/mol. The van der Waals surface area contributed by atoms with E-state index in [-0.39, 0.29) is 6.29 Å². The molecule has 0 bridgehead atoms. The molecule has 0 aromatic carbocycles. The topological polar surface area (TPSA) is 44.5 Å². The van der Waals surface area contributed by atoms with Crippen LogP contribution in [0.15, 0.2) is 0 Å². The molecule has 0 aromatic heterocycles. The second kappa shape index (κ2) is 14.3. The summed E-state index contributed by atoms with van der Waals surface area (Å²) in [5.41, 5.74) is 5.60. The minimum absolute atomic E-state index is 0.0633. The van der Waals surface area contributed by atoms with Crippen molar-refractivity contribution < 1.29 is 9.47 Å².